The van der Waals surface area contributed by atoms with Crippen molar-refractivity contribution in [2.24, 2.45) is 0 Å². The fourth-order valence-corrected chi connectivity index (χ4v) is 3.39. The lowest BCUT2D eigenvalue weighted by atomic mass is 10.1. The highest BCUT2D eigenvalue weighted by atomic mass is 19.1. The van der Waals surface area contributed by atoms with Gasteiger partial charge in [-0.15, -0.1) is 0 Å². The van der Waals surface area contributed by atoms with Crippen molar-refractivity contribution in [3.63, 3.8) is 0 Å². The highest BCUT2D eigenvalue weighted by Crippen LogP contribution is 2.39. The van der Waals surface area contributed by atoms with Crippen molar-refractivity contribution in [1.82, 2.24) is 19.4 Å². The SMILES string of the molecule is Cc1nc(C)c(C(=O)Nc2ccc(F)c(-c3cn4cc(C5CC5)cnc4n3)c2)o1. The minimum Gasteiger partial charge on any atom is -0.436 e. The Morgan fingerprint density at radius 3 is 2.79 bits per heavy atom. The first-order valence-corrected chi connectivity index (χ1v) is 9.38. The molecular weight excluding hydrogens is 373 g/mol. The Morgan fingerprint density at radius 2 is 2.07 bits per heavy atom. The number of hydrogen-bond donors (Lipinski definition) is 1. The van der Waals surface area contributed by atoms with Crippen LogP contribution in [0.25, 0.3) is 17.0 Å². The third-order valence-corrected chi connectivity index (χ3v) is 4.99. The third-order valence-electron chi connectivity index (χ3n) is 4.99. The largest absolute Gasteiger partial charge is 0.436 e. The van der Waals surface area contributed by atoms with E-state index in [0.29, 0.717) is 34.7 Å². The van der Waals surface area contributed by atoms with Gasteiger partial charge in [0, 0.05) is 36.8 Å². The molecule has 1 amide bonds. The number of hydrogen-bond acceptors (Lipinski definition) is 5. The molecule has 29 heavy (non-hydrogen) atoms. The van der Waals surface area contributed by atoms with Gasteiger partial charge in [0.2, 0.25) is 11.5 Å². The molecule has 0 bridgehead atoms. The number of fused-ring (bicyclic) bond motifs is 1. The van der Waals surface area contributed by atoms with E-state index in [1.807, 2.05) is 16.8 Å². The van der Waals surface area contributed by atoms with Gasteiger partial charge in [-0.2, -0.15) is 0 Å². The number of rotatable bonds is 4. The molecule has 1 fully saturated rings. The Kier molecular flexibility index (Phi) is 3.94. The van der Waals surface area contributed by atoms with Crippen molar-refractivity contribution in [2.45, 2.75) is 32.6 Å². The number of benzene rings is 1. The lowest BCUT2D eigenvalue weighted by Crippen LogP contribution is -2.12. The molecule has 0 unspecified atom stereocenters. The first-order valence-electron chi connectivity index (χ1n) is 9.38. The Labute approximate surface area is 165 Å². The molecule has 3 aromatic heterocycles. The molecule has 5 rings (SSSR count). The van der Waals surface area contributed by atoms with Crippen molar-refractivity contribution in [3.05, 3.63) is 65.5 Å². The van der Waals surface area contributed by atoms with Gasteiger partial charge in [-0.05, 0) is 49.4 Å². The fraction of sp³-hybridized carbons (Fsp3) is 0.238. The highest BCUT2D eigenvalue weighted by molar-refractivity contribution is 6.03. The molecule has 0 radical (unpaired) electrons. The van der Waals surface area contributed by atoms with E-state index >= 15 is 0 Å². The minimum absolute atomic E-state index is 0.137. The molecule has 3 heterocycles. The van der Waals surface area contributed by atoms with Crippen LogP contribution in [-0.4, -0.2) is 25.3 Å². The van der Waals surface area contributed by atoms with E-state index in [1.165, 1.54) is 30.5 Å². The fourth-order valence-electron chi connectivity index (χ4n) is 3.39. The summed E-state index contributed by atoms with van der Waals surface area (Å²) in [6.45, 7) is 3.37. The van der Waals surface area contributed by atoms with E-state index in [9.17, 15) is 9.18 Å². The number of carbonyl (C=O) groups excluding carboxylic acids is 1. The van der Waals surface area contributed by atoms with Crippen LogP contribution in [0.5, 0.6) is 0 Å². The Hall–Kier alpha value is -3.55. The first kappa shape index (κ1) is 17.5. The summed E-state index contributed by atoms with van der Waals surface area (Å²) >= 11 is 0. The molecule has 4 aromatic rings. The maximum atomic E-state index is 14.5. The average molecular weight is 391 g/mol. The molecule has 0 atom stereocenters. The molecule has 0 spiro atoms. The molecule has 1 aliphatic carbocycles. The van der Waals surface area contributed by atoms with Crippen molar-refractivity contribution in [2.75, 3.05) is 5.32 Å². The van der Waals surface area contributed by atoms with Crippen LogP contribution >= 0.6 is 0 Å². The second-order valence-electron chi connectivity index (χ2n) is 7.29. The average Bonchev–Trinajstić information content (AvgIpc) is 3.37. The van der Waals surface area contributed by atoms with Crippen molar-refractivity contribution in [3.8, 4) is 11.3 Å². The number of nitrogens with zero attached hydrogens (tertiary/aromatic N) is 4. The zero-order valence-electron chi connectivity index (χ0n) is 15.9. The predicted octanol–water partition coefficient (Wildman–Crippen LogP) is 4.27. The van der Waals surface area contributed by atoms with Gasteiger partial charge in [-0.1, -0.05) is 0 Å². The first-order chi connectivity index (χ1) is 14.0. The highest BCUT2D eigenvalue weighted by Gasteiger charge is 2.24. The van der Waals surface area contributed by atoms with E-state index < -0.39 is 11.7 Å². The van der Waals surface area contributed by atoms with Crippen LogP contribution in [0.3, 0.4) is 0 Å². The van der Waals surface area contributed by atoms with Gasteiger partial charge in [0.05, 0.1) is 11.4 Å². The molecule has 0 aliphatic heterocycles. The van der Waals surface area contributed by atoms with Gasteiger partial charge >= 0.3 is 0 Å². The van der Waals surface area contributed by atoms with Gasteiger partial charge in [-0.3, -0.25) is 9.20 Å². The van der Waals surface area contributed by atoms with Crippen LogP contribution in [-0.2, 0) is 0 Å². The monoisotopic (exact) mass is 391 g/mol. The lowest BCUT2D eigenvalue weighted by molar-refractivity contribution is 0.0994. The second-order valence-corrected chi connectivity index (χ2v) is 7.29. The number of imidazole rings is 1. The predicted molar refractivity (Wildman–Crippen MR) is 104 cm³/mol. The second kappa shape index (κ2) is 6.51. The van der Waals surface area contributed by atoms with Crippen molar-refractivity contribution in [1.29, 1.82) is 0 Å². The summed E-state index contributed by atoms with van der Waals surface area (Å²) in [4.78, 5) is 25.4. The molecular formula is C21H18FN5O2. The van der Waals surface area contributed by atoms with Crippen molar-refractivity contribution >= 4 is 17.4 Å². The summed E-state index contributed by atoms with van der Waals surface area (Å²) in [5.74, 6) is 0.752. The lowest BCUT2D eigenvalue weighted by Gasteiger charge is -2.06. The third kappa shape index (κ3) is 3.26. The van der Waals surface area contributed by atoms with Gasteiger partial charge in [0.1, 0.15) is 5.82 Å². The molecule has 1 aromatic carbocycles. The van der Waals surface area contributed by atoms with Crippen LogP contribution in [0.15, 0.2) is 41.2 Å². The van der Waals surface area contributed by atoms with Crippen molar-refractivity contribution < 1.29 is 13.6 Å². The van der Waals surface area contributed by atoms with E-state index in [0.717, 1.165) is 0 Å². The van der Waals surface area contributed by atoms with E-state index in [2.05, 4.69) is 20.3 Å². The van der Waals surface area contributed by atoms with Gasteiger partial charge < -0.3 is 9.73 Å². The standard InChI is InChI=1S/C21H18FN5O2/c1-11-19(29-12(2)24-11)20(28)25-15-5-6-17(22)16(7-15)18-10-27-9-14(13-3-4-13)8-23-21(27)26-18/h5-10,13H,3-4H2,1-2H3,(H,25,28). The number of anilines is 1. The van der Waals surface area contributed by atoms with Crippen LogP contribution in [0, 0.1) is 19.7 Å². The summed E-state index contributed by atoms with van der Waals surface area (Å²) in [6.07, 6.45) is 7.93. The van der Waals surface area contributed by atoms with Gasteiger partial charge in [0.25, 0.3) is 5.91 Å². The summed E-state index contributed by atoms with van der Waals surface area (Å²) in [6, 6.07) is 4.35. The van der Waals surface area contributed by atoms with Gasteiger partial charge in [0.15, 0.2) is 5.89 Å². The molecule has 1 saturated carbocycles. The van der Waals surface area contributed by atoms with Gasteiger partial charge in [-0.25, -0.2) is 19.3 Å². The Morgan fingerprint density at radius 1 is 1.24 bits per heavy atom. The Balaban J connectivity index is 1.47. The summed E-state index contributed by atoms with van der Waals surface area (Å²) < 4.78 is 21.7. The number of carbonyl (C=O) groups is 1. The summed E-state index contributed by atoms with van der Waals surface area (Å²) in [7, 11) is 0. The van der Waals surface area contributed by atoms with Crippen LogP contribution in [0.4, 0.5) is 10.1 Å². The molecule has 7 nitrogen and oxygen atoms in total. The molecule has 0 saturated heterocycles. The number of aryl methyl sites for hydroxylation is 2. The number of oxazole rings is 1. The zero-order valence-corrected chi connectivity index (χ0v) is 15.9. The van der Waals surface area contributed by atoms with Crippen LogP contribution < -0.4 is 5.32 Å². The molecule has 1 N–H and O–H groups in total. The molecule has 146 valence electrons. The van der Waals surface area contributed by atoms with E-state index in [4.69, 9.17) is 4.42 Å². The molecule has 8 heteroatoms. The normalized spacial score (nSPS) is 13.8. The summed E-state index contributed by atoms with van der Waals surface area (Å²) in [5.41, 5.74) is 2.84. The zero-order chi connectivity index (χ0) is 20.1. The number of halogens is 1. The number of nitrogens with one attached hydrogen (secondary N) is 1. The van der Waals surface area contributed by atoms with Crippen LogP contribution in [0.1, 0.15) is 46.5 Å². The molecule has 1 aliphatic rings. The number of aromatic nitrogens is 4. The summed E-state index contributed by atoms with van der Waals surface area (Å²) in [5, 5.41) is 2.73. The topological polar surface area (TPSA) is 85.3 Å². The smallest absolute Gasteiger partial charge is 0.293 e. The Bertz CT molecular complexity index is 1260. The maximum Gasteiger partial charge on any atom is 0.293 e. The quantitative estimate of drug-likeness (QED) is 0.561. The van der Waals surface area contributed by atoms with E-state index in [1.54, 1.807) is 26.1 Å². The number of amides is 1. The van der Waals surface area contributed by atoms with E-state index in [-0.39, 0.29) is 11.3 Å². The van der Waals surface area contributed by atoms with Crippen LogP contribution in [0.2, 0.25) is 0 Å². The minimum atomic E-state index is -0.439. The maximum absolute atomic E-state index is 14.5.